The second-order valence-corrected chi connectivity index (χ2v) is 3.17. The van der Waals surface area contributed by atoms with Crippen LogP contribution in [0.1, 0.15) is 16.7 Å². The van der Waals surface area contributed by atoms with Crippen LogP contribution in [0.4, 0.5) is 0 Å². The minimum Gasteiger partial charge on any atom is -0.480 e. The minimum absolute atomic E-state index is 0.431. The molecule has 1 aromatic rings. The lowest BCUT2D eigenvalue weighted by Gasteiger charge is -1.99. The molecule has 11 heavy (non-hydrogen) atoms. The highest BCUT2D eigenvalue weighted by Gasteiger charge is 2.16. The summed E-state index contributed by atoms with van der Waals surface area (Å²) in [4.78, 5) is 14.3. The van der Waals surface area contributed by atoms with Gasteiger partial charge in [-0.3, -0.25) is 4.79 Å². The number of hydrogen-bond acceptors (Lipinski definition) is 4. The summed E-state index contributed by atoms with van der Waals surface area (Å²) >= 11 is 1.40. The Morgan fingerprint density at radius 3 is 2.91 bits per heavy atom. The van der Waals surface area contributed by atoms with Gasteiger partial charge < -0.3 is 10.8 Å². The number of aryl methyl sites for hydroxylation is 1. The molecule has 1 heterocycles. The third-order valence-corrected chi connectivity index (χ3v) is 2.01. The first-order chi connectivity index (χ1) is 5.11. The highest BCUT2D eigenvalue weighted by molar-refractivity contribution is 7.09. The summed E-state index contributed by atoms with van der Waals surface area (Å²) in [5.74, 6) is -1.05. The van der Waals surface area contributed by atoms with Gasteiger partial charge in [-0.25, -0.2) is 4.98 Å². The lowest BCUT2D eigenvalue weighted by molar-refractivity contribution is -0.138. The van der Waals surface area contributed by atoms with Crippen molar-refractivity contribution in [1.82, 2.24) is 4.98 Å². The SMILES string of the molecule is Cc1nc(C(N)C(=O)O)cs1. The van der Waals surface area contributed by atoms with Crippen molar-refractivity contribution in [2.45, 2.75) is 13.0 Å². The van der Waals surface area contributed by atoms with Gasteiger partial charge in [0.05, 0.1) is 10.7 Å². The number of nitrogens with zero attached hydrogens (tertiary/aromatic N) is 1. The van der Waals surface area contributed by atoms with Gasteiger partial charge in [0.2, 0.25) is 0 Å². The van der Waals surface area contributed by atoms with Gasteiger partial charge in [-0.15, -0.1) is 11.3 Å². The average molecular weight is 172 g/mol. The second-order valence-electron chi connectivity index (χ2n) is 2.11. The molecule has 0 fully saturated rings. The van der Waals surface area contributed by atoms with E-state index in [1.165, 1.54) is 11.3 Å². The van der Waals surface area contributed by atoms with E-state index in [0.717, 1.165) is 5.01 Å². The molecule has 5 heteroatoms. The van der Waals surface area contributed by atoms with Crippen LogP contribution in [0.2, 0.25) is 0 Å². The number of hydrogen-bond donors (Lipinski definition) is 2. The van der Waals surface area contributed by atoms with Crippen molar-refractivity contribution in [3.63, 3.8) is 0 Å². The van der Waals surface area contributed by atoms with E-state index in [-0.39, 0.29) is 0 Å². The maximum Gasteiger partial charge on any atom is 0.326 e. The zero-order valence-corrected chi connectivity index (χ0v) is 6.76. The van der Waals surface area contributed by atoms with Gasteiger partial charge in [-0.1, -0.05) is 0 Å². The second kappa shape index (κ2) is 2.98. The van der Waals surface area contributed by atoms with E-state index in [9.17, 15) is 4.79 Å². The molecular weight excluding hydrogens is 164 g/mol. The third kappa shape index (κ3) is 1.75. The molecule has 0 radical (unpaired) electrons. The van der Waals surface area contributed by atoms with Crippen LogP contribution in [0.5, 0.6) is 0 Å². The van der Waals surface area contributed by atoms with Crippen molar-refractivity contribution in [1.29, 1.82) is 0 Å². The quantitative estimate of drug-likeness (QED) is 0.682. The smallest absolute Gasteiger partial charge is 0.326 e. The van der Waals surface area contributed by atoms with Crippen LogP contribution in [0.15, 0.2) is 5.38 Å². The molecule has 0 bridgehead atoms. The van der Waals surface area contributed by atoms with Gasteiger partial charge in [0.25, 0.3) is 0 Å². The largest absolute Gasteiger partial charge is 0.480 e. The Morgan fingerprint density at radius 2 is 2.55 bits per heavy atom. The normalized spacial score (nSPS) is 12.9. The number of aliphatic carboxylic acids is 1. The van der Waals surface area contributed by atoms with Gasteiger partial charge in [0.15, 0.2) is 0 Å². The number of carboxylic acid groups (broad SMARTS) is 1. The lowest BCUT2D eigenvalue weighted by Crippen LogP contribution is -2.20. The van der Waals surface area contributed by atoms with Crippen molar-refractivity contribution in [2.24, 2.45) is 5.73 Å². The summed E-state index contributed by atoms with van der Waals surface area (Å²) in [6.07, 6.45) is 0. The molecule has 0 amide bonds. The maximum absolute atomic E-state index is 10.3. The van der Waals surface area contributed by atoms with Crippen LogP contribution in [0.3, 0.4) is 0 Å². The molecule has 0 saturated carbocycles. The number of rotatable bonds is 2. The zero-order valence-electron chi connectivity index (χ0n) is 5.94. The molecule has 1 atom stereocenters. The Balaban J connectivity index is 2.84. The highest BCUT2D eigenvalue weighted by Crippen LogP contribution is 2.13. The number of nitrogens with two attached hydrogens (primary N) is 1. The predicted octanol–water partition coefficient (Wildman–Crippen LogP) is 0.536. The standard InChI is InChI=1S/C6H8N2O2S/c1-3-8-4(2-11-3)5(7)6(9)10/h2,5H,7H2,1H3,(H,9,10). The molecule has 0 aliphatic heterocycles. The summed E-state index contributed by atoms with van der Waals surface area (Å²) in [6, 6.07) is -0.986. The Hall–Kier alpha value is -0.940. The number of thiazole rings is 1. The maximum atomic E-state index is 10.3. The molecule has 0 saturated heterocycles. The Labute approximate surface area is 67.7 Å². The summed E-state index contributed by atoms with van der Waals surface area (Å²) in [7, 11) is 0. The molecule has 0 aliphatic carbocycles. The van der Waals surface area contributed by atoms with E-state index in [2.05, 4.69) is 4.98 Å². The minimum atomic E-state index is -1.05. The fourth-order valence-corrected chi connectivity index (χ4v) is 1.30. The predicted molar refractivity (Wildman–Crippen MR) is 41.4 cm³/mol. The Bertz CT molecular complexity index is 271. The van der Waals surface area contributed by atoms with Crippen molar-refractivity contribution >= 4 is 17.3 Å². The molecule has 0 spiro atoms. The Morgan fingerprint density at radius 1 is 1.91 bits per heavy atom. The summed E-state index contributed by atoms with van der Waals surface area (Å²) in [6.45, 7) is 1.81. The molecule has 3 N–H and O–H groups in total. The van der Waals surface area contributed by atoms with E-state index in [1.54, 1.807) is 5.38 Å². The van der Waals surface area contributed by atoms with Crippen LogP contribution in [-0.2, 0) is 4.79 Å². The topological polar surface area (TPSA) is 76.2 Å². The summed E-state index contributed by atoms with van der Waals surface area (Å²) in [5.41, 5.74) is 5.73. The van der Waals surface area contributed by atoms with Crippen molar-refractivity contribution < 1.29 is 9.90 Å². The monoisotopic (exact) mass is 172 g/mol. The van der Waals surface area contributed by atoms with Gasteiger partial charge in [0, 0.05) is 5.38 Å². The third-order valence-electron chi connectivity index (χ3n) is 1.22. The number of carbonyl (C=O) groups is 1. The van der Waals surface area contributed by atoms with Gasteiger partial charge in [-0.05, 0) is 6.92 Å². The molecule has 1 aromatic heterocycles. The summed E-state index contributed by atoms with van der Waals surface area (Å²) < 4.78 is 0. The van der Waals surface area contributed by atoms with Crippen molar-refractivity contribution in [3.8, 4) is 0 Å². The molecule has 0 aliphatic rings. The van der Waals surface area contributed by atoms with E-state index in [4.69, 9.17) is 10.8 Å². The van der Waals surface area contributed by atoms with Crippen molar-refractivity contribution in [2.75, 3.05) is 0 Å². The van der Waals surface area contributed by atoms with Gasteiger partial charge in [0.1, 0.15) is 6.04 Å². The van der Waals surface area contributed by atoms with E-state index in [1.807, 2.05) is 6.92 Å². The van der Waals surface area contributed by atoms with Crippen molar-refractivity contribution in [3.05, 3.63) is 16.1 Å². The molecule has 1 rings (SSSR count). The van der Waals surface area contributed by atoms with E-state index >= 15 is 0 Å². The van der Waals surface area contributed by atoms with Crippen LogP contribution in [0, 0.1) is 6.92 Å². The van der Waals surface area contributed by atoms with Crippen LogP contribution >= 0.6 is 11.3 Å². The van der Waals surface area contributed by atoms with Gasteiger partial charge in [-0.2, -0.15) is 0 Å². The Kier molecular flexibility index (Phi) is 2.21. The number of carboxylic acids is 1. The molecule has 1 unspecified atom stereocenters. The van der Waals surface area contributed by atoms with Crippen LogP contribution < -0.4 is 5.73 Å². The zero-order chi connectivity index (χ0) is 8.43. The molecular formula is C6H8N2O2S. The molecule has 60 valence electrons. The first kappa shape index (κ1) is 8.16. The summed E-state index contributed by atoms with van der Waals surface area (Å²) in [5, 5.41) is 11.0. The van der Waals surface area contributed by atoms with Gasteiger partial charge >= 0.3 is 5.97 Å². The lowest BCUT2D eigenvalue weighted by atomic mass is 10.2. The highest BCUT2D eigenvalue weighted by atomic mass is 32.1. The first-order valence-corrected chi connectivity index (χ1v) is 3.89. The first-order valence-electron chi connectivity index (χ1n) is 3.01. The number of aromatic nitrogens is 1. The van der Waals surface area contributed by atoms with Crippen LogP contribution in [-0.4, -0.2) is 16.1 Å². The fourth-order valence-electron chi connectivity index (χ4n) is 0.650. The van der Waals surface area contributed by atoms with Crippen LogP contribution in [0.25, 0.3) is 0 Å². The average Bonchev–Trinajstić information content (AvgIpc) is 2.34. The molecule has 4 nitrogen and oxygen atoms in total. The van der Waals surface area contributed by atoms with E-state index in [0.29, 0.717) is 5.69 Å². The van der Waals surface area contributed by atoms with E-state index < -0.39 is 12.0 Å². The molecule has 0 aromatic carbocycles. The fraction of sp³-hybridized carbons (Fsp3) is 0.333.